The number of rotatable bonds is 3. The van der Waals surface area contributed by atoms with Gasteiger partial charge >= 0.3 is 5.97 Å². The number of halogens is 1. The SMILES string of the molecule is COC(=O)c1cccc(Cl)c1CC12CCCCC1=Nc1ccccc12. The molecule has 0 spiro atoms. The molecular weight excluding hydrogens is 334 g/mol. The highest BCUT2D eigenvalue weighted by atomic mass is 35.5. The number of nitrogens with zero attached hydrogens (tertiary/aromatic N) is 1. The van der Waals surface area contributed by atoms with Crippen molar-refractivity contribution in [1.29, 1.82) is 0 Å². The van der Waals surface area contributed by atoms with E-state index >= 15 is 0 Å². The third-order valence-electron chi connectivity index (χ3n) is 5.50. The molecule has 2 aromatic carbocycles. The first-order valence-corrected chi connectivity index (χ1v) is 9.07. The summed E-state index contributed by atoms with van der Waals surface area (Å²) in [6.07, 6.45) is 5.06. The van der Waals surface area contributed by atoms with Crippen LogP contribution in [0.1, 0.15) is 47.2 Å². The largest absolute Gasteiger partial charge is 0.465 e. The second-order valence-electron chi connectivity index (χ2n) is 6.80. The van der Waals surface area contributed by atoms with Crippen LogP contribution in [0.3, 0.4) is 0 Å². The van der Waals surface area contributed by atoms with E-state index in [1.807, 2.05) is 12.1 Å². The zero-order chi connectivity index (χ0) is 17.4. The summed E-state index contributed by atoms with van der Waals surface area (Å²) in [5.41, 5.74) is 4.82. The fraction of sp³-hybridized carbons (Fsp3) is 0.333. The summed E-state index contributed by atoms with van der Waals surface area (Å²) in [5, 5.41) is 0.617. The Balaban J connectivity index is 1.85. The maximum atomic E-state index is 12.3. The van der Waals surface area contributed by atoms with E-state index in [1.165, 1.54) is 24.8 Å². The smallest absolute Gasteiger partial charge is 0.338 e. The van der Waals surface area contributed by atoms with Gasteiger partial charge in [-0.1, -0.05) is 42.3 Å². The molecule has 0 bridgehead atoms. The highest BCUT2D eigenvalue weighted by Crippen LogP contribution is 2.50. The summed E-state index contributed by atoms with van der Waals surface area (Å²) in [5.74, 6) is -0.338. The van der Waals surface area contributed by atoms with Crippen molar-refractivity contribution in [1.82, 2.24) is 0 Å². The van der Waals surface area contributed by atoms with Gasteiger partial charge in [-0.15, -0.1) is 0 Å². The molecule has 1 unspecified atom stereocenters. The molecule has 128 valence electrons. The molecule has 1 atom stereocenters. The Bertz CT molecular complexity index is 874. The quantitative estimate of drug-likeness (QED) is 0.705. The number of esters is 1. The van der Waals surface area contributed by atoms with Crippen LogP contribution in [-0.2, 0) is 16.6 Å². The average Bonchev–Trinajstić information content (AvgIpc) is 2.97. The van der Waals surface area contributed by atoms with Crippen LogP contribution in [0.4, 0.5) is 5.69 Å². The molecule has 2 aromatic rings. The summed E-state index contributed by atoms with van der Waals surface area (Å²) in [6, 6.07) is 13.8. The van der Waals surface area contributed by atoms with Gasteiger partial charge in [0.1, 0.15) is 0 Å². The molecule has 4 heteroatoms. The van der Waals surface area contributed by atoms with Crippen LogP contribution in [0.25, 0.3) is 0 Å². The molecule has 3 nitrogen and oxygen atoms in total. The van der Waals surface area contributed by atoms with Crippen LogP contribution in [0.2, 0.25) is 5.02 Å². The molecule has 0 amide bonds. The zero-order valence-corrected chi connectivity index (χ0v) is 15.0. The topological polar surface area (TPSA) is 38.7 Å². The van der Waals surface area contributed by atoms with E-state index in [1.54, 1.807) is 12.1 Å². The molecule has 4 rings (SSSR count). The van der Waals surface area contributed by atoms with Gasteiger partial charge in [0.15, 0.2) is 0 Å². The molecule has 0 radical (unpaired) electrons. The number of carbonyl (C=O) groups is 1. The van der Waals surface area contributed by atoms with Gasteiger partial charge in [0.2, 0.25) is 0 Å². The van der Waals surface area contributed by atoms with Crippen molar-refractivity contribution in [3.05, 3.63) is 64.2 Å². The van der Waals surface area contributed by atoms with E-state index in [0.29, 0.717) is 17.0 Å². The van der Waals surface area contributed by atoms with E-state index in [-0.39, 0.29) is 11.4 Å². The van der Waals surface area contributed by atoms with Crippen LogP contribution in [0.5, 0.6) is 0 Å². The van der Waals surface area contributed by atoms with Gasteiger partial charge in [0.05, 0.1) is 18.4 Å². The summed E-state index contributed by atoms with van der Waals surface area (Å²) >= 11 is 6.52. The minimum absolute atomic E-state index is 0.150. The minimum atomic E-state index is -0.338. The molecule has 2 aliphatic rings. The number of benzene rings is 2. The van der Waals surface area contributed by atoms with Gasteiger partial charge < -0.3 is 4.74 Å². The lowest BCUT2D eigenvalue weighted by Gasteiger charge is -2.36. The second kappa shape index (κ2) is 6.30. The predicted octanol–water partition coefficient (Wildman–Crippen LogP) is 5.27. The maximum Gasteiger partial charge on any atom is 0.338 e. The standard InChI is InChI=1S/C21H20ClNO2/c1-25-20(24)14-7-6-9-17(22)15(14)13-21-12-5-4-11-19(21)23-18-10-3-2-8-16(18)21/h2-3,6-10H,4-5,11-13H2,1H3. The molecule has 1 aliphatic carbocycles. The monoisotopic (exact) mass is 353 g/mol. The lowest BCUT2D eigenvalue weighted by Crippen LogP contribution is -2.38. The van der Waals surface area contributed by atoms with Gasteiger partial charge in [-0.05, 0) is 55.0 Å². The molecule has 1 fully saturated rings. The lowest BCUT2D eigenvalue weighted by molar-refractivity contribution is 0.0599. The van der Waals surface area contributed by atoms with E-state index in [9.17, 15) is 4.79 Å². The van der Waals surface area contributed by atoms with Crippen molar-refractivity contribution < 1.29 is 9.53 Å². The first-order valence-electron chi connectivity index (χ1n) is 8.69. The number of hydrogen-bond donors (Lipinski definition) is 0. The molecule has 1 saturated carbocycles. The molecular formula is C21H20ClNO2. The van der Waals surface area contributed by atoms with Gasteiger partial charge in [0.25, 0.3) is 0 Å². The Morgan fingerprint density at radius 3 is 2.88 bits per heavy atom. The van der Waals surface area contributed by atoms with E-state index in [0.717, 1.165) is 30.5 Å². The third-order valence-corrected chi connectivity index (χ3v) is 5.85. The molecule has 0 N–H and O–H groups in total. The van der Waals surface area contributed by atoms with Crippen LogP contribution < -0.4 is 0 Å². The van der Waals surface area contributed by atoms with Crippen molar-refractivity contribution >= 4 is 29.0 Å². The highest BCUT2D eigenvalue weighted by molar-refractivity contribution is 6.32. The Morgan fingerprint density at radius 1 is 1.20 bits per heavy atom. The fourth-order valence-electron chi connectivity index (χ4n) is 4.30. The third kappa shape index (κ3) is 2.58. The first kappa shape index (κ1) is 16.3. The number of fused-ring (bicyclic) bond motifs is 3. The summed E-state index contributed by atoms with van der Waals surface area (Å²) < 4.78 is 4.97. The highest BCUT2D eigenvalue weighted by Gasteiger charge is 2.45. The van der Waals surface area contributed by atoms with Gasteiger partial charge in [-0.3, -0.25) is 4.99 Å². The summed E-state index contributed by atoms with van der Waals surface area (Å²) in [6.45, 7) is 0. The van der Waals surface area contributed by atoms with Crippen LogP contribution in [0.15, 0.2) is 47.5 Å². The van der Waals surface area contributed by atoms with Crippen molar-refractivity contribution in [2.75, 3.05) is 7.11 Å². The lowest BCUT2D eigenvalue weighted by atomic mass is 9.65. The first-order chi connectivity index (χ1) is 12.2. The van der Waals surface area contributed by atoms with Crippen molar-refractivity contribution in [3.63, 3.8) is 0 Å². The van der Waals surface area contributed by atoms with Crippen molar-refractivity contribution in [2.45, 2.75) is 37.5 Å². The van der Waals surface area contributed by atoms with Crippen molar-refractivity contribution in [2.24, 2.45) is 4.99 Å². The Hall–Kier alpha value is -2.13. The van der Waals surface area contributed by atoms with Gasteiger partial charge in [-0.25, -0.2) is 4.79 Å². The number of hydrogen-bond acceptors (Lipinski definition) is 3. The maximum absolute atomic E-state index is 12.3. The second-order valence-corrected chi connectivity index (χ2v) is 7.21. The van der Waals surface area contributed by atoms with Gasteiger partial charge in [-0.2, -0.15) is 0 Å². The predicted molar refractivity (Wildman–Crippen MR) is 100 cm³/mol. The molecule has 1 aliphatic heterocycles. The van der Waals surface area contributed by atoms with E-state index in [2.05, 4.69) is 18.2 Å². The van der Waals surface area contributed by atoms with Crippen LogP contribution >= 0.6 is 11.6 Å². The fourth-order valence-corrected chi connectivity index (χ4v) is 4.55. The molecule has 0 aromatic heterocycles. The van der Waals surface area contributed by atoms with Gasteiger partial charge in [0, 0.05) is 16.1 Å². The van der Waals surface area contributed by atoms with Crippen LogP contribution in [0, 0.1) is 0 Å². The Kier molecular flexibility index (Phi) is 4.12. The average molecular weight is 354 g/mol. The summed E-state index contributed by atoms with van der Waals surface area (Å²) in [4.78, 5) is 17.2. The number of carbonyl (C=O) groups excluding carboxylic acids is 1. The molecule has 25 heavy (non-hydrogen) atoms. The Labute approximate surface area is 152 Å². The summed E-state index contributed by atoms with van der Waals surface area (Å²) in [7, 11) is 1.41. The zero-order valence-electron chi connectivity index (χ0n) is 14.2. The normalized spacial score (nSPS) is 21.3. The van der Waals surface area contributed by atoms with E-state index in [4.69, 9.17) is 21.3 Å². The van der Waals surface area contributed by atoms with E-state index < -0.39 is 0 Å². The number of ether oxygens (including phenoxy) is 1. The Morgan fingerprint density at radius 2 is 2.04 bits per heavy atom. The van der Waals surface area contributed by atoms with Crippen molar-refractivity contribution in [3.8, 4) is 0 Å². The number of aliphatic imine (C=N–C) groups is 1. The molecule has 1 heterocycles. The molecule has 0 saturated heterocycles. The minimum Gasteiger partial charge on any atom is -0.465 e. The van der Waals surface area contributed by atoms with Crippen LogP contribution in [-0.4, -0.2) is 18.8 Å². The number of methoxy groups -OCH3 is 1. The number of para-hydroxylation sites is 1.